The van der Waals surface area contributed by atoms with Gasteiger partial charge in [-0.3, -0.25) is 4.79 Å². The van der Waals surface area contributed by atoms with Crippen LogP contribution in [0.1, 0.15) is 30.1 Å². The number of amides is 1. The molecule has 7 nitrogen and oxygen atoms in total. The molecule has 1 aliphatic rings. The van der Waals surface area contributed by atoms with Gasteiger partial charge < -0.3 is 10.1 Å². The molecule has 2 rings (SSSR count). The normalized spacial score (nSPS) is 15.8. The molecule has 1 saturated carbocycles. The summed E-state index contributed by atoms with van der Waals surface area (Å²) in [6.45, 7) is 1.54. The molecule has 1 fully saturated rings. The van der Waals surface area contributed by atoms with Crippen molar-refractivity contribution in [1.82, 2.24) is 9.62 Å². The van der Waals surface area contributed by atoms with Crippen molar-refractivity contribution in [1.29, 1.82) is 0 Å². The van der Waals surface area contributed by atoms with Gasteiger partial charge in [-0.05, 0) is 43.9 Å². The first-order chi connectivity index (χ1) is 11.2. The van der Waals surface area contributed by atoms with Gasteiger partial charge in [-0.15, -0.1) is 0 Å². The number of nitrogens with one attached hydrogen (secondary N) is 1. The lowest BCUT2D eigenvalue weighted by atomic mass is 10.2. The zero-order chi connectivity index (χ0) is 17.9. The zero-order valence-electron chi connectivity index (χ0n) is 14.0. The number of benzene rings is 1. The Balaban J connectivity index is 1.96. The van der Waals surface area contributed by atoms with E-state index in [1.54, 1.807) is 0 Å². The second kappa shape index (κ2) is 7.31. The second-order valence-electron chi connectivity index (χ2n) is 6.09. The van der Waals surface area contributed by atoms with Crippen LogP contribution in [0.3, 0.4) is 0 Å². The first kappa shape index (κ1) is 18.4. The molecule has 1 aromatic rings. The maximum atomic E-state index is 12.1. The molecule has 0 saturated heterocycles. The predicted molar refractivity (Wildman–Crippen MR) is 87.9 cm³/mol. The first-order valence-electron chi connectivity index (χ1n) is 7.71. The van der Waals surface area contributed by atoms with Crippen LogP contribution in [0.5, 0.6) is 0 Å². The zero-order valence-corrected chi connectivity index (χ0v) is 14.8. The molecule has 1 aliphatic carbocycles. The molecule has 1 aromatic carbocycles. The van der Waals surface area contributed by atoms with E-state index in [0.717, 1.165) is 17.1 Å². The third kappa shape index (κ3) is 4.55. The molecule has 8 heteroatoms. The van der Waals surface area contributed by atoms with Gasteiger partial charge in [0.2, 0.25) is 10.0 Å². The van der Waals surface area contributed by atoms with Crippen molar-refractivity contribution in [2.45, 2.75) is 30.7 Å². The van der Waals surface area contributed by atoms with Crippen molar-refractivity contribution in [3.05, 3.63) is 29.8 Å². The summed E-state index contributed by atoms with van der Waals surface area (Å²) in [5.41, 5.74) is 0.0842. The summed E-state index contributed by atoms with van der Waals surface area (Å²) in [7, 11) is -0.820. The molecule has 24 heavy (non-hydrogen) atoms. The van der Waals surface area contributed by atoms with Gasteiger partial charge >= 0.3 is 5.97 Å². The topological polar surface area (TPSA) is 92.8 Å². The maximum Gasteiger partial charge on any atom is 0.338 e. The van der Waals surface area contributed by atoms with Crippen molar-refractivity contribution in [3.8, 4) is 0 Å². The van der Waals surface area contributed by atoms with Crippen LogP contribution < -0.4 is 5.32 Å². The summed E-state index contributed by atoms with van der Waals surface area (Å²) < 4.78 is 30.2. The lowest BCUT2D eigenvalue weighted by Crippen LogP contribution is -2.37. The minimum absolute atomic E-state index is 0.00578. The van der Waals surface area contributed by atoms with Gasteiger partial charge in [0, 0.05) is 20.1 Å². The summed E-state index contributed by atoms with van der Waals surface area (Å²) in [6, 6.07) is 5.62. The Morgan fingerprint density at radius 3 is 2.58 bits per heavy atom. The van der Waals surface area contributed by atoms with E-state index in [-0.39, 0.29) is 29.0 Å². The third-order valence-corrected chi connectivity index (χ3v) is 5.71. The number of ether oxygens (including phenoxy) is 1. The molecule has 1 amide bonds. The molecule has 0 aromatic heterocycles. The fraction of sp³-hybridized carbons (Fsp3) is 0.500. The number of rotatable bonds is 7. The van der Waals surface area contributed by atoms with E-state index >= 15 is 0 Å². The van der Waals surface area contributed by atoms with Crippen molar-refractivity contribution in [3.63, 3.8) is 0 Å². The van der Waals surface area contributed by atoms with Crippen molar-refractivity contribution < 1.29 is 22.7 Å². The highest BCUT2D eigenvalue weighted by atomic mass is 32.2. The number of nitrogens with zero attached hydrogens (tertiary/aromatic N) is 1. The molecular weight excluding hydrogens is 332 g/mol. The molecule has 0 heterocycles. The van der Waals surface area contributed by atoms with E-state index in [0.29, 0.717) is 5.92 Å². The van der Waals surface area contributed by atoms with Crippen LogP contribution in [0.4, 0.5) is 0 Å². The van der Waals surface area contributed by atoms with E-state index in [1.165, 1.54) is 38.4 Å². The van der Waals surface area contributed by atoms with Crippen LogP contribution in [0.2, 0.25) is 0 Å². The lowest BCUT2D eigenvalue weighted by molar-refractivity contribution is -0.124. The standard InChI is InChI=1S/C16H22N2O5S/c1-11(12-7-8-12)17-15(19)10-23-16(20)13-5-4-6-14(9-13)24(21,22)18(2)3/h4-6,9,11-12H,7-8,10H2,1-3H3,(H,17,19)/t11-/m0/s1. The summed E-state index contributed by atoms with van der Waals surface area (Å²) in [5.74, 6) is -0.586. The number of hydrogen-bond donors (Lipinski definition) is 1. The number of esters is 1. The smallest absolute Gasteiger partial charge is 0.338 e. The molecule has 0 radical (unpaired) electrons. The summed E-state index contributed by atoms with van der Waals surface area (Å²) in [6.07, 6.45) is 2.21. The summed E-state index contributed by atoms with van der Waals surface area (Å²) in [4.78, 5) is 23.8. The average Bonchev–Trinajstić information content (AvgIpc) is 3.37. The van der Waals surface area contributed by atoms with Crippen molar-refractivity contribution in [2.24, 2.45) is 5.92 Å². The van der Waals surface area contributed by atoms with Gasteiger partial charge in [-0.25, -0.2) is 17.5 Å². The van der Waals surface area contributed by atoms with Gasteiger partial charge in [0.15, 0.2) is 6.61 Å². The molecule has 0 spiro atoms. The summed E-state index contributed by atoms with van der Waals surface area (Å²) >= 11 is 0. The average molecular weight is 354 g/mol. The highest BCUT2D eigenvalue weighted by Gasteiger charge is 2.29. The van der Waals surface area contributed by atoms with Gasteiger partial charge in [-0.1, -0.05) is 6.07 Å². The maximum absolute atomic E-state index is 12.1. The van der Waals surface area contributed by atoms with Gasteiger partial charge in [0.05, 0.1) is 10.5 Å². The highest BCUT2D eigenvalue weighted by Crippen LogP contribution is 2.32. The fourth-order valence-corrected chi connectivity index (χ4v) is 3.17. The van der Waals surface area contributed by atoms with Crippen LogP contribution in [0, 0.1) is 5.92 Å². The van der Waals surface area contributed by atoms with Gasteiger partial charge in [0.1, 0.15) is 0 Å². The monoisotopic (exact) mass is 354 g/mol. The molecule has 132 valence electrons. The molecule has 0 bridgehead atoms. The van der Waals surface area contributed by atoms with Crippen molar-refractivity contribution >= 4 is 21.9 Å². The third-order valence-electron chi connectivity index (χ3n) is 3.90. The molecule has 0 unspecified atom stereocenters. The molecule has 0 aliphatic heterocycles. The quantitative estimate of drug-likeness (QED) is 0.738. The Bertz CT molecular complexity index is 726. The Labute approximate surface area is 142 Å². The van der Waals surface area contributed by atoms with Crippen LogP contribution in [0.15, 0.2) is 29.2 Å². The van der Waals surface area contributed by atoms with E-state index in [4.69, 9.17) is 4.74 Å². The molecule has 1 atom stereocenters. The number of carbonyl (C=O) groups excluding carboxylic acids is 2. The minimum Gasteiger partial charge on any atom is -0.452 e. The Morgan fingerprint density at radius 1 is 1.33 bits per heavy atom. The lowest BCUT2D eigenvalue weighted by Gasteiger charge is -2.13. The predicted octanol–water partition coefficient (Wildman–Crippen LogP) is 1.01. The minimum atomic E-state index is -3.64. The van der Waals surface area contributed by atoms with E-state index in [9.17, 15) is 18.0 Å². The first-order valence-corrected chi connectivity index (χ1v) is 9.15. The van der Waals surface area contributed by atoms with Crippen molar-refractivity contribution in [2.75, 3.05) is 20.7 Å². The van der Waals surface area contributed by atoms with Crippen LogP contribution in [-0.2, 0) is 19.6 Å². The SMILES string of the molecule is C[C@H](NC(=O)COC(=O)c1cccc(S(=O)(=O)N(C)C)c1)C1CC1. The Morgan fingerprint density at radius 2 is 2.00 bits per heavy atom. The van der Waals surface area contributed by atoms with Gasteiger partial charge in [0.25, 0.3) is 5.91 Å². The number of sulfonamides is 1. The Kier molecular flexibility index (Phi) is 5.61. The Hall–Kier alpha value is -1.93. The fourth-order valence-electron chi connectivity index (χ4n) is 2.22. The van der Waals surface area contributed by atoms with Crippen LogP contribution >= 0.6 is 0 Å². The van der Waals surface area contributed by atoms with E-state index < -0.39 is 16.0 Å². The van der Waals surface area contributed by atoms with Crippen LogP contribution in [0.25, 0.3) is 0 Å². The molecule has 1 N–H and O–H groups in total. The largest absolute Gasteiger partial charge is 0.452 e. The summed E-state index contributed by atoms with van der Waals surface area (Å²) in [5, 5.41) is 2.78. The number of carbonyl (C=O) groups is 2. The molecular formula is C16H22N2O5S. The number of hydrogen-bond acceptors (Lipinski definition) is 5. The van der Waals surface area contributed by atoms with Crippen LogP contribution in [-0.4, -0.2) is 51.3 Å². The van der Waals surface area contributed by atoms with E-state index in [1.807, 2.05) is 6.92 Å². The second-order valence-corrected chi connectivity index (χ2v) is 8.24. The van der Waals surface area contributed by atoms with E-state index in [2.05, 4.69) is 5.32 Å². The van der Waals surface area contributed by atoms with Gasteiger partial charge in [-0.2, -0.15) is 0 Å². The highest BCUT2D eigenvalue weighted by molar-refractivity contribution is 7.89.